The van der Waals surface area contributed by atoms with E-state index in [0.29, 0.717) is 6.54 Å². The van der Waals surface area contributed by atoms with Crippen LogP contribution in [0.5, 0.6) is 0 Å². The van der Waals surface area contributed by atoms with Crippen molar-refractivity contribution in [3.8, 4) is 11.5 Å². The van der Waals surface area contributed by atoms with E-state index in [1.54, 1.807) is 6.20 Å². The van der Waals surface area contributed by atoms with Crippen LogP contribution < -0.4 is 5.32 Å². The van der Waals surface area contributed by atoms with Gasteiger partial charge in [-0.3, -0.25) is 9.69 Å². The molecule has 6 heteroatoms. The molecule has 0 aliphatic carbocycles. The fourth-order valence-corrected chi connectivity index (χ4v) is 3.91. The minimum absolute atomic E-state index is 0.0495. The van der Waals surface area contributed by atoms with Crippen LogP contribution in [-0.2, 0) is 11.3 Å². The molecular formula is C22H27N5O. The lowest BCUT2D eigenvalue weighted by Gasteiger charge is -2.25. The van der Waals surface area contributed by atoms with Gasteiger partial charge in [-0.15, -0.1) is 0 Å². The summed E-state index contributed by atoms with van der Waals surface area (Å²) in [5.74, 6) is 0.930. The van der Waals surface area contributed by atoms with Crippen molar-refractivity contribution in [2.45, 2.75) is 39.7 Å². The van der Waals surface area contributed by atoms with E-state index in [0.717, 1.165) is 53.3 Å². The Labute approximate surface area is 165 Å². The number of fused-ring (bicyclic) bond motifs is 1. The number of imidazole rings is 1. The Bertz CT molecular complexity index is 988. The molecule has 3 heterocycles. The Balaban J connectivity index is 1.55. The van der Waals surface area contributed by atoms with Crippen LogP contribution in [0.1, 0.15) is 31.7 Å². The van der Waals surface area contributed by atoms with Crippen LogP contribution in [0.15, 0.2) is 36.7 Å². The molecule has 1 aliphatic heterocycles. The van der Waals surface area contributed by atoms with Gasteiger partial charge in [-0.1, -0.05) is 6.42 Å². The van der Waals surface area contributed by atoms with Gasteiger partial charge in [0.25, 0.3) is 0 Å². The average Bonchev–Trinajstić information content (AvgIpc) is 3.18. The lowest BCUT2D eigenvalue weighted by Crippen LogP contribution is -2.36. The Morgan fingerprint density at radius 2 is 2.00 bits per heavy atom. The summed E-state index contributed by atoms with van der Waals surface area (Å²) in [4.78, 5) is 23.9. The topological polar surface area (TPSA) is 63.1 Å². The summed E-state index contributed by atoms with van der Waals surface area (Å²) >= 11 is 0. The quantitative estimate of drug-likeness (QED) is 0.734. The van der Waals surface area contributed by atoms with Crippen molar-refractivity contribution in [1.29, 1.82) is 0 Å². The number of nitrogens with one attached hydrogen (secondary N) is 1. The summed E-state index contributed by atoms with van der Waals surface area (Å²) in [6.45, 7) is 7.53. The first-order valence-corrected chi connectivity index (χ1v) is 10.1. The van der Waals surface area contributed by atoms with Crippen LogP contribution in [0.25, 0.3) is 22.4 Å². The molecule has 2 aromatic heterocycles. The van der Waals surface area contributed by atoms with Crippen molar-refractivity contribution in [1.82, 2.24) is 19.4 Å². The van der Waals surface area contributed by atoms with Crippen LogP contribution in [0.2, 0.25) is 0 Å². The first-order chi connectivity index (χ1) is 13.6. The summed E-state index contributed by atoms with van der Waals surface area (Å²) < 4.78 is 2.09. The van der Waals surface area contributed by atoms with Crippen LogP contribution in [0, 0.1) is 6.92 Å². The third-order valence-corrected chi connectivity index (χ3v) is 5.40. The summed E-state index contributed by atoms with van der Waals surface area (Å²) in [5, 5.41) is 4.09. The largest absolute Gasteiger partial charge is 0.330 e. The van der Waals surface area contributed by atoms with Gasteiger partial charge in [-0.05, 0) is 69.6 Å². The van der Waals surface area contributed by atoms with E-state index in [1.807, 2.05) is 24.4 Å². The normalized spacial score (nSPS) is 15.1. The maximum Gasteiger partial charge on any atom is 0.238 e. The van der Waals surface area contributed by atoms with Crippen molar-refractivity contribution in [3.63, 3.8) is 0 Å². The third kappa shape index (κ3) is 3.92. The summed E-state index contributed by atoms with van der Waals surface area (Å²) in [6, 6.07) is 7.98. The molecule has 6 nitrogen and oxygen atoms in total. The number of piperidine rings is 1. The molecule has 1 fully saturated rings. The van der Waals surface area contributed by atoms with E-state index in [-0.39, 0.29) is 5.91 Å². The zero-order valence-corrected chi connectivity index (χ0v) is 16.6. The molecule has 0 unspecified atom stereocenters. The maximum absolute atomic E-state index is 12.4. The molecule has 146 valence electrons. The van der Waals surface area contributed by atoms with E-state index < -0.39 is 0 Å². The van der Waals surface area contributed by atoms with Crippen LogP contribution >= 0.6 is 0 Å². The molecule has 1 saturated heterocycles. The predicted molar refractivity (Wildman–Crippen MR) is 112 cm³/mol. The summed E-state index contributed by atoms with van der Waals surface area (Å²) in [5.41, 5.74) is 3.73. The fraction of sp³-hybridized carbons (Fsp3) is 0.409. The number of benzene rings is 1. The number of rotatable bonds is 5. The number of likely N-dealkylation sites (tertiary alicyclic amines) is 1. The molecular weight excluding hydrogens is 350 g/mol. The number of hydrogen-bond donors (Lipinski definition) is 1. The van der Waals surface area contributed by atoms with E-state index in [2.05, 4.69) is 39.7 Å². The highest BCUT2D eigenvalue weighted by molar-refractivity contribution is 5.95. The van der Waals surface area contributed by atoms with Gasteiger partial charge in [0, 0.05) is 30.0 Å². The number of carbonyl (C=O) groups excluding carboxylic acids is 1. The highest BCUT2D eigenvalue weighted by atomic mass is 16.2. The minimum atomic E-state index is 0.0495. The lowest BCUT2D eigenvalue weighted by molar-refractivity contribution is -0.117. The van der Waals surface area contributed by atoms with E-state index in [1.165, 1.54) is 19.3 Å². The van der Waals surface area contributed by atoms with Crippen LogP contribution in [0.3, 0.4) is 0 Å². The average molecular weight is 377 g/mol. The van der Waals surface area contributed by atoms with Gasteiger partial charge in [-0.25, -0.2) is 9.97 Å². The Morgan fingerprint density at radius 1 is 1.18 bits per heavy atom. The molecule has 0 saturated carbocycles. The molecule has 0 radical (unpaired) electrons. The van der Waals surface area contributed by atoms with Gasteiger partial charge in [0.2, 0.25) is 5.91 Å². The highest BCUT2D eigenvalue weighted by Crippen LogP contribution is 2.26. The van der Waals surface area contributed by atoms with Crippen molar-refractivity contribution >= 4 is 22.5 Å². The van der Waals surface area contributed by atoms with Crippen LogP contribution in [-0.4, -0.2) is 45.0 Å². The molecule has 0 atom stereocenters. The number of amides is 1. The fourth-order valence-electron chi connectivity index (χ4n) is 3.91. The number of hydrogen-bond acceptors (Lipinski definition) is 4. The molecule has 1 aromatic carbocycles. The molecule has 1 amide bonds. The monoisotopic (exact) mass is 377 g/mol. The first kappa shape index (κ1) is 18.6. The first-order valence-electron chi connectivity index (χ1n) is 10.1. The number of nitrogens with zero attached hydrogens (tertiary/aromatic N) is 4. The lowest BCUT2D eigenvalue weighted by atomic mass is 10.1. The number of aromatic nitrogens is 3. The van der Waals surface area contributed by atoms with Gasteiger partial charge >= 0.3 is 0 Å². The minimum Gasteiger partial charge on any atom is -0.330 e. The Kier molecular flexibility index (Phi) is 5.39. The maximum atomic E-state index is 12.4. The van der Waals surface area contributed by atoms with Crippen LogP contribution in [0.4, 0.5) is 5.69 Å². The second-order valence-electron chi connectivity index (χ2n) is 7.48. The second kappa shape index (κ2) is 8.10. The Hall–Kier alpha value is -2.73. The number of anilines is 1. The number of aryl methyl sites for hydroxylation is 2. The van der Waals surface area contributed by atoms with Gasteiger partial charge < -0.3 is 9.88 Å². The summed E-state index contributed by atoms with van der Waals surface area (Å²) in [7, 11) is 0. The smallest absolute Gasteiger partial charge is 0.238 e. The van der Waals surface area contributed by atoms with E-state index in [4.69, 9.17) is 4.98 Å². The molecule has 3 aromatic rings. The van der Waals surface area contributed by atoms with Crippen molar-refractivity contribution in [2.75, 3.05) is 25.0 Å². The third-order valence-electron chi connectivity index (χ3n) is 5.40. The molecule has 28 heavy (non-hydrogen) atoms. The van der Waals surface area contributed by atoms with Crippen molar-refractivity contribution in [3.05, 3.63) is 42.2 Å². The SMILES string of the molecule is CCn1ccnc1-c1cc(C)c2cc(NC(=O)CN3CCCCC3)ccc2n1. The second-order valence-corrected chi connectivity index (χ2v) is 7.48. The standard InChI is InChI=1S/C22H27N5O/c1-3-27-12-9-23-22(27)20-13-16(2)18-14-17(7-8-19(18)25-20)24-21(28)15-26-10-5-4-6-11-26/h7-9,12-14H,3-6,10-11,15H2,1-2H3,(H,24,28). The van der Waals surface area contributed by atoms with E-state index >= 15 is 0 Å². The molecule has 1 N–H and O–H groups in total. The molecule has 0 bridgehead atoms. The van der Waals surface area contributed by atoms with Gasteiger partial charge in [-0.2, -0.15) is 0 Å². The predicted octanol–water partition coefficient (Wildman–Crippen LogP) is 3.85. The molecule has 1 aliphatic rings. The van der Waals surface area contributed by atoms with Gasteiger partial charge in [0.15, 0.2) is 5.82 Å². The zero-order chi connectivity index (χ0) is 19.5. The molecule has 0 spiro atoms. The van der Waals surface area contributed by atoms with Crippen molar-refractivity contribution < 1.29 is 4.79 Å². The molecule has 4 rings (SSSR count). The van der Waals surface area contributed by atoms with Gasteiger partial charge in [0.1, 0.15) is 5.69 Å². The van der Waals surface area contributed by atoms with Crippen molar-refractivity contribution in [2.24, 2.45) is 0 Å². The number of carbonyl (C=O) groups is 1. The zero-order valence-electron chi connectivity index (χ0n) is 16.6. The highest BCUT2D eigenvalue weighted by Gasteiger charge is 2.15. The van der Waals surface area contributed by atoms with E-state index in [9.17, 15) is 4.79 Å². The Morgan fingerprint density at radius 3 is 2.79 bits per heavy atom. The number of pyridine rings is 1. The van der Waals surface area contributed by atoms with Gasteiger partial charge in [0.05, 0.1) is 12.1 Å². The summed E-state index contributed by atoms with van der Waals surface area (Å²) in [6.07, 6.45) is 7.42.